The molecule has 0 bridgehead atoms. The fourth-order valence-electron chi connectivity index (χ4n) is 1.94. The predicted molar refractivity (Wildman–Crippen MR) is 87.1 cm³/mol. The van der Waals surface area contributed by atoms with E-state index in [9.17, 15) is 18.0 Å². The molecular formula is C14H22N4O4S. The van der Waals surface area contributed by atoms with Crippen LogP contribution < -0.4 is 21.5 Å². The Morgan fingerprint density at radius 3 is 2.39 bits per heavy atom. The van der Waals surface area contributed by atoms with Gasteiger partial charge in [-0.05, 0) is 30.5 Å². The van der Waals surface area contributed by atoms with E-state index in [-0.39, 0.29) is 16.5 Å². The van der Waals surface area contributed by atoms with Crippen molar-refractivity contribution in [3.63, 3.8) is 0 Å². The number of nitrogens with one attached hydrogen (secondary N) is 2. The highest BCUT2D eigenvalue weighted by Crippen LogP contribution is 2.19. The number of rotatable bonds is 6. The smallest absolute Gasteiger partial charge is 0.319 e. The average Bonchev–Trinajstić information content (AvgIpc) is 2.44. The molecule has 3 amide bonds. The third kappa shape index (κ3) is 5.22. The zero-order chi connectivity index (χ0) is 17.8. The number of nitrogens with two attached hydrogens (primary N) is 2. The van der Waals surface area contributed by atoms with Crippen molar-refractivity contribution in [1.82, 2.24) is 5.32 Å². The molecule has 1 aromatic rings. The van der Waals surface area contributed by atoms with Crippen molar-refractivity contribution >= 4 is 27.6 Å². The van der Waals surface area contributed by atoms with Gasteiger partial charge in [0.15, 0.2) is 0 Å². The fourth-order valence-corrected chi connectivity index (χ4v) is 2.48. The Labute approximate surface area is 135 Å². The molecule has 0 heterocycles. The van der Waals surface area contributed by atoms with E-state index in [1.54, 1.807) is 13.8 Å². The molecule has 8 nitrogen and oxygen atoms in total. The number of urea groups is 1. The van der Waals surface area contributed by atoms with E-state index in [0.29, 0.717) is 12.0 Å². The van der Waals surface area contributed by atoms with Crippen molar-refractivity contribution in [3.05, 3.63) is 23.8 Å². The van der Waals surface area contributed by atoms with Crippen molar-refractivity contribution in [3.8, 4) is 0 Å². The topological polar surface area (TPSA) is 144 Å². The molecule has 0 aliphatic heterocycles. The first kappa shape index (κ1) is 18.9. The maximum absolute atomic E-state index is 12.1. The molecule has 0 aromatic heterocycles. The number of benzene rings is 1. The molecule has 128 valence electrons. The zero-order valence-electron chi connectivity index (χ0n) is 13.3. The molecule has 1 rings (SSSR count). The lowest BCUT2D eigenvalue weighted by Gasteiger charge is -2.21. The normalized spacial score (nSPS) is 13.9. The van der Waals surface area contributed by atoms with Crippen molar-refractivity contribution in [2.45, 2.75) is 38.1 Å². The number of hydrogen-bond acceptors (Lipinski definition) is 4. The Morgan fingerprint density at radius 2 is 1.91 bits per heavy atom. The van der Waals surface area contributed by atoms with Crippen LogP contribution in [0, 0.1) is 12.8 Å². The van der Waals surface area contributed by atoms with Crippen LogP contribution in [0.5, 0.6) is 0 Å². The third-order valence-corrected chi connectivity index (χ3v) is 4.50. The minimum absolute atomic E-state index is 0.119. The van der Waals surface area contributed by atoms with Crippen LogP contribution in [0.15, 0.2) is 23.1 Å². The number of primary amides is 1. The minimum Gasteiger partial charge on any atom is -0.368 e. The highest BCUT2D eigenvalue weighted by Gasteiger charge is 2.23. The summed E-state index contributed by atoms with van der Waals surface area (Å²) >= 11 is 0. The van der Waals surface area contributed by atoms with E-state index < -0.39 is 28.0 Å². The van der Waals surface area contributed by atoms with Gasteiger partial charge in [0.05, 0.1) is 4.90 Å². The van der Waals surface area contributed by atoms with Crippen molar-refractivity contribution < 1.29 is 18.0 Å². The van der Waals surface area contributed by atoms with Crippen LogP contribution in [0.4, 0.5) is 10.5 Å². The molecule has 23 heavy (non-hydrogen) atoms. The number of amides is 3. The predicted octanol–water partition coefficient (Wildman–Crippen LogP) is 0.664. The molecule has 0 radical (unpaired) electrons. The molecule has 0 saturated carbocycles. The fraction of sp³-hybridized carbons (Fsp3) is 0.429. The van der Waals surface area contributed by atoms with Crippen LogP contribution in [-0.4, -0.2) is 26.4 Å². The summed E-state index contributed by atoms with van der Waals surface area (Å²) in [4.78, 5) is 23.4. The van der Waals surface area contributed by atoms with Gasteiger partial charge in [0, 0.05) is 5.69 Å². The first-order valence-corrected chi connectivity index (χ1v) is 8.61. The molecule has 0 unspecified atom stereocenters. The molecule has 9 heteroatoms. The van der Waals surface area contributed by atoms with Crippen LogP contribution in [0.1, 0.15) is 25.8 Å². The van der Waals surface area contributed by atoms with Crippen LogP contribution in [0.2, 0.25) is 0 Å². The number of sulfonamides is 1. The van der Waals surface area contributed by atoms with E-state index in [1.165, 1.54) is 18.2 Å². The summed E-state index contributed by atoms with van der Waals surface area (Å²) in [5.41, 5.74) is 6.21. The highest BCUT2D eigenvalue weighted by atomic mass is 32.2. The van der Waals surface area contributed by atoms with E-state index in [1.807, 2.05) is 6.92 Å². The molecular weight excluding hydrogens is 320 g/mol. The Hall–Kier alpha value is -2.13. The lowest BCUT2D eigenvalue weighted by atomic mass is 9.99. The molecule has 0 fully saturated rings. The lowest BCUT2D eigenvalue weighted by Crippen LogP contribution is -2.49. The second-order valence-corrected chi connectivity index (χ2v) is 6.95. The van der Waals surface area contributed by atoms with Crippen molar-refractivity contribution in [1.29, 1.82) is 0 Å². The van der Waals surface area contributed by atoms with Gasteiger partial charge in [0.1, 0.15) is 6.04 Å². The summed E-state index contributed by atoms with van der Waals surface area (Å²) < 4.78 is 22.7. The second-order valence-electron chi connectivity index (χ2n) is 5.39. The second kappa shape index (κ2) is 7.42. The van der Waals surface area contributed by atoms with E-state index in [4.69, 9.17) is 10.9 Å². The summed E-state index contributed by atoms with van der Waals surface area (Å²) in [5, 5.41) is 10.1. The molecule has 0 saturated heterocycles. The molecule has 1 aromatic carbocycles. The van der Waals surface area contributed by atoms with E-state index in [2.05, 4.69) is 10.6 Å². The van der Waals surface area contributed by atoms with E-state index >= 15 is 0 Å². The van der Waals surface area contributed by atoms with Crippen LogP contribution >= 0.6 is 0 Å². The van der Waals surface area contributed by atoms with Gasteiger partial charge < -0.3 is 16.4 Å². The molecule has 0 spiro atoms. The SMILES string of the molecule is CC[C@H](C)[C@H](NC(=O)Nc1cc(S(N)(=O)=O)ccc1C)C(N)=O. The van der Waals surface area contributed by atoms with Crippen LogP contribution in [0.25, 0.3) is 0 Å². The first-order valence-electron chi connectivity index (χ1n) is 7.06. The van der Waals surface area contributed by atoms with Gasteiger partial charge in [-0.1, -0.05) is 26.3 Å². The standard InChI is InChI=1S/C14H22N4O4S/c1-4-8(2)12(13(15)19)18-14(20)17-11-7-10(23(16,21)22)6-5-9(11)3/h5-8,12H,4H2,1-3H3,(H2,15,19)(H2,16,21,22)(H2,17,18,20)/t8-,12-/m0/s1. The summed E-state index contributed by atoms with van der Waals surface area (Å²) in [6.45, 7) is 5.37. The quantitative estimate of drug-likeness (QED) is 0.602. The number of carbonyl (C=O) groups is 2. The summed E-state index contributed by atoms with van der Waals surface area (Å²) in [6, 6.07) is 2.66. The monoisotopic (exact) mass is 342 g/mol. The average molecular weight is 342 g/mol. The van der Waals surface area contributed by atoms with Gasteiger partial charge in [-0.3, -0.25) is 4.79 Å². The number of hydrogen-bond donors (Lipinski definition) is 4. The third-order valence-electron chi connectivity index (χ3n) is 3.59. The Morgan fingerprint density at radius 1 is 1.30 bits per heavy atom. The first-order chi connectivity index (χ1) is 10.6. The zero-order valence-corrected chi connectivity index (χ0v) is 14.1. The Kier molecular flexibility index (Phi) is 6.11. The molecule has 0 aliphatic rings. The van der Waals surface area contributed by atoms with E-state index in [0.717, 1.165) is 0 Å². The Balaban J connectivity index is 2.95. The number of carbonyl (C=O) groups excluding carboxylic acids is 2. The number of primary sulfonamides is 1. The highest BCUT2D eigenvalue weighted by molar-refractivity contribution is 7.89. The van der Waals surface area contributed by atoms with Gasteiger partial charge in [-0.15, -0.1) is 0 Å². The van der Waals surface area contributed by atoms with Crippen molar-refractivity contribution in [2.75, 3.05) is 5.32 Å². The molecule has 0 aliphatic carbocycles. The summed E-state index contributed by atoms with van der Waals surface area (Å²) in [7, 11) is -3.88. The van der Waals surface area contributed by atoms with Gasteiger partial charge in [-0.25, -0.2) is 18.4 Å². The largest absolute Gasteiger partial charge is 0.368 e. The van der Waals surface area contributed by atoms with Gasteiger partial charge >= 0.3 is 6.03 Å². The summed E-state index contributed by atoms with van der Waals surface area (Å²) in [6.07, 6.45) is 0.661. The molecule has 2 atom stereocenters. The number of aryl methyl sites for hydroxylation is 1. The van der Waals surface area contributed by atoms with Crippen LogP contribution in [0.3, 0.4) is 0 Å². The maximum atomic E-state index is 12.1. The maximum Gasteiger partial charge on any atom is 0.319 e. The Bertz CT molecular complexity index is 703. The lowest BCUT2D eigenvalue weighted by molar-refractivity contribution is -0.120. The summed E-state index contributed by atoms with van der Waals surface area (Å²) in [5.74, 6) is -0.764. The number of anilines is 1. The van der Waals surface area contributed by atoms with Crippen molar-refractivity contribution in [2.24, 2.45) is 16.8 Å². The van der Waals surface area contributed by atoms with Gasteiger partial charge in [0.2, 0.25) is 15.9 Å². The van der Waals surface area contributed by atoms with Crippen LogP contribution in [-0.2, 0) is 14.8 Å². The van der Waals surface area contributed by atoms with Gasteiger partial charge in [-0.2, -0.15) is 0 Å². The molecule has 6 N–H and O–H groups in total. The van der Waals surface area contributed by atoms with Gasteiger partial charge in [0.25, 0.3) is 0 Å². The minimum atomic E-state index is -3.88.